The summed E-state index contributed by atoms with van der Waals surface area (Å²) in [4.78, 5) is 10.9. The molecule has 1 unspecified atom stereocenters. The maximum absolute atomic E-state index is 12.4. The second kappa shape index (κ2) is 6.48. The van der Waals surface area contributed by atoms with E-state index in [0.717, 1.165) is 30.7 Å². The zero-order valence-corrected chi connectivity index (χ0v) is 14.0. The summed E-state index contributed by atoms with van der Waals surface area (Å²) in [6.07, 6.45) is 2.56. The third-order valence-electron chi connectivity index (χ3n) is 3.94. The third kappa shape index (κ3) is 3.86. The monoisotopic (exact) mass is 332 g/mol. The Kier molecular flexibility index (Phi) is 5.09. The molecule has 1 heterocycles. The number of aliphatic carboxylic acids is 1. The van der Waals surface area contributed by atoms with Gasteiger partial charge in [-0.25, -0.2) is 0 Å². The molecule has 21 heavy (non-hydrogen) atoms. The largest absolute Gasteiger partial charge is 0.481 e. The van der Waals surface area contributed by atoms with Gasteiger partial charge in [-0.1, -0.05) is 18.5 Å². The Balaban J connectivity index is 2.06. The van der Waals surface area contributed by atoms with E-state index < -0.39 is 16.8 Å². The molecule has 0 aromatic carbocycles. The Morgan fingerprint density at radius 1 is 1.48 bits per heavy atom. The number of hydrogen-bond acceptors (Lipinski definition) is 3. The molecule has 0 bridgehead atoms. The van der Waals surface area contributed by atoms with E-state index in [1.165, 1.54) is 0 Å². The highest BCUT2D eigenvalue weighted by atomic mass is 35.5. The van der Waals surface area contributed by atoms with Gasteiger partial charge < -0.3 is 5.11 Å². The first-order valence-electron chi connectivity index (χ1n) is 7.21. The molecule has 1 fully saturated rings. The molecule has 1 aromatic rings. The molecule has 0 radical (unpaired) electrons. The summed E-state index contributed by atoms with van der Waals surface area (Å²) in [6, 6.07) is 0. The fraction of sp³-hybridized carbons (Fsp3) is 0.714. The lowest BCUT2D eigenvalue weighted by atomic mass is 10.1. The second-order valence-corrected chi connectivity index (χ2v) is 7.51. The van der Waals surface area contributed by atoms with Gasteiger partial charge in [0, 0.05) is 23.1 Å². The Labute approximate surface area is 132 Å². The highest BCUT2D eigenvalue weighted by Gasteiger charge is 2.45. The molecule has 118 valence electrons. The van der Waals surface area contributed by atoms with Crippen LogP contribution in [0, 0.1) is 5.41 Å². The summed E-state index contributed by atoms with van der Waals surface area (Å²) in [5.41, 5.74) is 1.38. The smallest absolute Gasteiger partial charge is 0.303 e. The highest BCUT2D eigenvalue weighted by Crippen LogP contribution is 2.49. The van der Waals surface area contributed by atoms with Crippen LogP contribution >= 0.6 is 11.6 Å². The van der Waals surface area contributed by atoms with Crippen LogP contribution in [0.4, 0.5) is 0 Å². The second-order valence-electron chi connectivity index (χ2n) is 5.68. The number of carboxylic acids is 1. The van der Waals surface area contributed by atoms with Crippen molar-refractivity contribution in [3.8, 4) is 0 Å². The van der Waals surface area contributed by atoms with E-state index in [0.29, 0.717) is 23.1 Å². The molecule has 0 saturated heterocycles. The third-order valence-corrected chi connectivity index (χ3v) is 5.91. The van der Waals surface area contributed by atoms with E-state index in [4.69, 9.17) is 16.7 Å². The van der Waals surface area contributed by atoms with Gasteiger partial charge in [0.2, 0.25) is 0 Å². The van der Waals surface area contributed by atoms with Crippen LogP contribution in [0.15, 0.2) is 0 Å². The molecule has 0 amide bonds. The molecule has 1 aliphatic rings. The van der Waals surface area contributed by atoms with Crippen LogP contribution in [0.5, 0.6) is 0 Å². The summed E-state index contributed by atoms with van der Waals surface area (Å²) in [5.74, 6) is -0.0260. The summed E-state index contributed by atoms with van der Waals surface area (Å²) in [5, 5.41) is 13.9. The topological polar surface area (TPSA) is 72.2 Å². The number of rotatable bonds is 8. The molecule has 1 N–H and O–H groups in total. The minimum atomic E-state index is -1.11. The van der Waals surface area contributed by atoms with Crippen LogP contribution in [0.25, 0.3) is 0 Å². The molecule has 1 saturated carbocycles. The molecule has 0 aliphatic heterocycles. The SMILES string of the molecule is CCc1nn(CC)c(CS(=O)CC2(CC(=O)O)CC2)c1Cl. The van der Waals surface area contributed by atoms with Crippen molar-refractivity contribution in [3.63, 3.8) is 0 Å². The van der Waals surface area contributed by atoms with Crippen LogP contribution in [0.1, 0.15) is 44.5 Å². The van der Waals surface area contributed by atoms with Crippen LogP contribution in [-0.4, -0.2) is 30.8 Å². The standard InChI is InChI=1S/C14H21ClN2O3S/c1-3-10-13(15)11(17(4-2)16-10)8-21(20)9-14(5-6-14)7-12(18)19/h3-9H2,1-2H3,(H,18,19). The van der Waals surface area contributed by atoms with Gasteiger partial charge in [-0.2, -0.15) is 5.10 Å². The van der Waals surface area contributed by atoms with Crippen molar-refractivity contribution < 1.29 is 14.1 Å². The number of carboxylic acid groups (broad SMARTS) is 1. The van der Waals surface area contributed by atoms with Crippen molar-refractivity contribution >= 4 is 28.4 Å². The van der Waals surface area contributed by atoms with Gasteiger partial charge >= 0.3 is 5.97 Å². The maximum Gasteiger partial charge on any atom is 0.303 e. The van der Waals surface area contributed by atoms with Crippen molar-refractivity contribution in [1.82, 2.24) is 9.78 Å². The number of carbonyl (C=O) groups is 1. The Morgan fingerprint density at radius 2 is 2.14 bits per heavy atom. The summed E-state index contributed by atoms with van der Waals surface area (Å²) < 4.78 is 14.2. The molecular weight excluding hydrogens is 312 g/mol. The zero-order valence-electron chi connectivity index (χ0n) is 12.4. The van der Waals surface area contributed by atoms with Crippen molar-refractivity contribution in [1.29, 1.82) is 0 Å². The summed E-state index contributed by atoms with van der Waals surface area (Å²) in [6.45, 7) is 4.65. The minimum Gasteiger partial charge on any atom is -0.481 e. The van der Waals surface area contributed by atoms with E-state index in [1.54, 1.807) is 4.68 Å². The lowest BCUT2D eigenvalue weighted by Crippen LogP contribution is -2.18. The fourth-order valence-electron chi connectivity index (χ4n) is 2.57. The lowest BCUT2D eigenvalue weighted by Gasteiger charge is -2.12. The Morgan fingerprint density at radius 3 is 2.62 bits per heavy atom. The highest BCUT2D eigenvalue weighted by molar-refractivity contribution is 7.84. The van der Waals surface area contributed by atoms with Crippen LogP contribution in [0.2, 0.25) is 5.02 Å². The molecule has 5 nitrogen and oxygen atoms in total. The average Bonchev–Trinajstić information content (AvgIpc) is 3.08. The lowest BCUT2D eigenvalue weighted by molar-refractivity contribution is -0.138. The van der Waals surface area contributed by atoms with E-state index in [2.05, 4.69) is 5.10 Å². The minimum absolute atomic E-state index is 0.111. The first-order chi connectivity index (χ1) is 9.90. The van der Waals surface area contributed by atoms with Gasteiger partial charge in [0.1, 0.15) is 0 Å². The predicted octanol–water partition coefficient (Wildman–Crippen LogP) is 2.62. The number of aromatic nitrogens is 2. The van der Waals surface area contributed by atoms with Gasteiger partial charge in [-0.15, -0.1) is 0 Å². The van der Waals surface area contributed by atoms with Gasteiger partial charge in [0.25, 0.3) is 0 Å². The van der Waals surface area contributed by atoms with Crippen LogP contribution in [-0.2, 0) is 34.3 Å². The van der Waals surface area contributed by atoms with E-state index in [1.807, 2.05) is 13.8 Å². The molecule has 7 heteroatoms. The van der Waals surface area contributed by atoms with Gasteiger partial charge in [0.05, 0.1) is 28.6 Å². The molecule has 1 aromatic heterocycles. The number of nitrogens with zero attached hydrogens (tertiary/aromatic N) is 2. The molecule has 1 aliphatic carbocycles. The molecule has 1 atom stereocenters. The molecule has 2 rings (SSSR count). The number of halogens is 1. The summed E-state index contributed by atoms with van der Waals surface area (Å²) in [7, 11) is -1.11. The first-order valence-corrected chi connectivity index (χ1v) is 9.08. The van der Waals surface area contributed by atoms with E-state index in [9.17, 15) is 9.00 Å². The van der Waals surface area contributed by atoms with E-state index in [-0.39, 0.29) is 11.8 Å². The van der Waals surface area contributed by atoms with Gasteiger partial charge in [-0.3, -0.25) is 13.7 Å². The van der Waals surface area contributed by atoms with Crippen molar-refractivity contribution in [2.24, 2.45) is 5.41 Å². The Hall–Kier alpha value is -0.880. The van der Waals surface area contributed by atoms with Crippen molar-refractivity contribution in [2.75, 3.05) is 5.75 Å². The fourth-order valence-corrected chi connectivity index (χ4v) is 4.76. The molecule has 0 spiro atoms. The quantitative estimate of drug-likeness (QED) is 0.794. The van der Waals surface area contributed by atoms with Gasteiger partial charge in [0.15, 0.2) is 0 Å². The number of aryl methyl sites for hydroxylation is 2. The van der Waals surface area contributed by atoms with E-state index >= 15 is 0 Å². The van der Waals surface area contributed by atoms with Crippen molar-refractivity contribution in [2.45, 2.75) is 51.8 Å². The molecular formula is C14H21ClN2O3S. The zero-order chi connectivity index (χ0) is 15.6. The van der Waals surface area contributed by atoms with Crippen LogP contribution < -0.4 is 0 Å². The summed E-state index contributed by atoms with van der Waals surface area (Å²) >= 11 is 6.31. The normalized spacial score (nSPS) is 17.7. The number of hydrogen-bond donors (Lipinski definition) is 1. The maximum atomic E-state index is 12.4. The Bertz CT molecular complexity index is 567. The first kappa shape index (κ1) is 16.5. The van der Waals surface area contributed by atoms with Gasteiger partial charge in [-0.05, 0) is 31.6 Å². The van der Waals surface area contributed by atoms with Crippen LogP contribution in [0.3, 0.4) is 0 Å². The van der Waals surface area contributed by atoms with Crippen molar-refractivity contribution in [3.05, 3.63) is 16.4 Å². The predicted molar refractivity (Wildman–Crippen MR) is 82.9 cm³/mol. The average molecular weight is 333 g/mol.